The molecule has 0 aliphatic heterocycles. The first-order chi connectivity index (χ1) is 13.0. The maximum Gasteiger partial charge on any atom is 0.269 e. The number of benzene rings is 2. The van der Waals surface area contributed by atoms with Crippen LogP contribution < -0.4 is 10.6 Å². The number of anilines is 2. The smallest absolute Gasteiger partial charge is 0.269 e. The summed E-state index contributed by atoms with van der Waals surface area (Å²) >= 11 is 0. The van der Waals surface area contributed by atoms with E-state index in [1.165, 1.54) is 24.4 Å². The molecule has 0 spiro atoms. The van der Waals surface area contributed by atoms with E-state index in [-0.39, 0.29) is 23.7 Å². The van der Waals surface area contributed by atoms with Gasteiger partial charge in [0.05, 0.1) is 5.69 Å². The quantitative estimate of drug-likeness (QED) is 0.682. The van der Waals surface area contributed by atoms with E-state index < -0.39 is 17.5 Å². The summed E-state index contributed by atoms with van der Waals surface area (Å²) in [5, 5.41) is 5.44. The number of rotatable bonds is 6. The summed E-state index contributed by atoms with van der Waals surface area (Å²) in [6.45, 7) is 0.242. The van der Waals surface area contributed by atoms with Gasteiger partial charge >= 0.3 is 0 Å². The molecule has 1 amide bonds. The summed E-state index contributed by atoms with van der Waals surface area (Å²) in [5.41, 5.74) is 1.13. The van der Waals surface area contributed by atoms with Gasteiger partial charge in [-0.3, -0.25) is 9.78 Å². The number of pyridine rings is 1. The SMILES string of the molecule is O=C(NCCc1ccccc1F)c1cc(Nc2ccc(F)cc2F)ccn1. The second-order valence-electron chi connectivity index (χ2n) is 5.78. The molecule has 2 aromatic carbocycles. The number of hydrogen-bond donors (Lipinski definition) is 2. The lowest BCUT2D eigenvalue weighted by Crippen LogP contribution is -2.26. The number of amides is 1. The zero-order valence-electron chi connectivity index (χ0n) is 14.2. The molecule has 0 fully saturated rings. The Morgan fingerprint density at radius 3 is 2.56 bits per heavy atom. The number of aromatic nitrogens is 1. The van der Waals surface area contributed by atoms with Crippen molar-refractivity contribution in [3.05, 3.63) is 89.5 Å². The fraction of sp³-hybridized carbons (Fsp3) is 0.100. The highest BCUT2D eigenvalue weighted by Gasteiger charge is 2.10. The van der Waals surface area contributed by atoms with Crippen LogP contribution in [0.15, 0.2) is 60.8 Å². The van der Waals surface area contributed by atoms with Crippen molar-refractivity contribution in [1.82, 2.24) is 10.3 Å². The monoisotopic (exact) mass is 371 g/mol. The predicted molar refractivity (Wildman–Crippen MR) is 96.3 cm³/mol. The molecule has 1 aromatic heterocycles. The van der Waals surface area contributed by atoms with Crippen LogP contribution in [0.3, 0.4) is 0 Å². The van der Waals surface area contributed by atoms with Gasteiger partial charge in [-0.1, -0.05) is 18.2 Å². The standard InChI is InChI=1S/C20H16F3N3O/c21-14-5-6-18(17(23)11-14)26-15-8-10-24-19(12-15)20(27)25-9-7-13-3-1-2-4-16(13)22/h1-6,8,10-12H,7,9H2,(H,24,26)(H,25,27). The number of halogens is 3. The topological polar surface area (TPSA) is 54.0 Å². The number of hydrogen-bond acceptors (Lipinski definition) is 3. The van der Waals surface area contributed by atoms with Gasteiger partial charge in [0.1, 0.15) is 23.1 Å². The van der Waals surface area contributed by atoms with Gasteiger partial charge < -0.3 is 10.6 Å². The highest BCUT2D eigenvalue weighted by molar-refractivity contribution is 5.93. The molecular weight excluding hydrogens is 355 g/mol. The molecule has 4 nitrogen and oxygen atoms in total. The fourth-order valence-electron chi connectivity index (χ4n) is 2.48. The lowest BCUT2D eigenvalue weighted by molar-refractivity contribution is 0.0949. The summed E-state index contributed by atoms with van der Waals surface area (Å²) < 4.78 is 40.3. The molecule has 27 heavy (non-hydrogen) atoms. The third-order valence-corrected chi connectivity index (χ3v) is 3.84. The number of nitrogens with zero attached hydrogens (tertiary/aromatic N) is 1. The Hall–Kier alpha value is -3.35. The van der Waals surface area contributed by atoms with Crippen LogP contribution in [0, 0.1) is 17.5 Å². The van der Waals surface area contributed by atoms with E-state index >= 15 is 0 Å². The van der Waals surface area contributed by atoms with Gasteiger partial charge in [-0.2, -0.15) is 0 Å². The molecule has 0 saturated carbocycles. The Kier molecular flexibility index (Phi) is 5.71. The predicted octanol–water partition coefficient (Wildman–Crippen LogP) is 4.22. The summed E-state index contributed by atoms with van der Waals surface area (Å²) in [6.07, 6.45) is 1.74. The van der Waals surface area contributed by atoms with Crippen LogP contribution in [0.1, 0.15) is 16.1 Å². The normalized spacial score (nSPS) is 10.5. The van der Waals surface area contributed by atoms with Crippen molar-refractivity contribution in [2.75, 3.05) is 11.9 Å². The van der Waals surface area contributed by atoms with Crippen LogP contribution in [0.2, 0.25) is 0 Å². The van der Waals surface area contributed by atoms with Crippen molar-refractivity contribution in [3.63, 3.8) is 0 Å². The molecule has 0 atom stereocenters. The van der Waals surface area contributed by atoms with Crippen LogP contribution in [-0.2, 0) is 6.42 Å². The maximum absolute atomic E-state index is 13.7. The molecule has 7 heteroatoms. The summed E-state index contributed by atoms with van der Waals surface area (Å²) in [7, 11) is 0. The van der Waals surface area contributed by atoms with Crippen LogP contribution in [0.4, 0.5) is 24.5 Å². The molecule has 2 N–H and O–H groups in total. The number of nitrogens with one attached hydrogen (secondary N) is 2. The minimum absolute atomic E-state index is 0.0773. The molecule has 3 rings (SSSR count). The largest absolute Gasteiger partial charge is 0.353 e. The van der Waals surface area contributed by atoms with Crippen molar-refractivity contribution in [1.29, 1.82) is 0 Å². The van der Waals surface area contributed by atoms with E-state index in [0.717, 1.165) is 12.1 Å². The minimum atomic E-state index is -0.747. The van der Waals surface area contributed by atoms with Crippen LogP contribution in [0.25, 0.3) is 0 Å². The Morgan fingerprint density at radius 1 is 0.963 bits per heavy atom. The molecule has 0 unspecified atom stereocenters. The molecule has 1 heterocycles. The third kappa shape index (κ3) is 4.84. The van der Waals surface area contributed by atoms with Gasteiger partial charge in [0.25, 0.3) is 5.91 Å². The van der Waals surface area contributed by atoms with Crippen LogP contribution in [-0.4, -0.2) is 17.4 Å². The van der Waals surface area contributed by atoms with Gasteiger partial charge in [0, 0.05) is 24.5 Å². The minimum Gasteiger partial charge on any atom is -0.353 e. The van der Waals surface area contributed by atoms with E-state index in [9.17, 15) is 18.0 Å². The zero-order valence-corrected chi connectivity index (χ0v) is 14.2. The Bertz CT molecular complexity index is 963. The molecule has 0 radical (unpaired) electrons. The van der Waals surface area contributed by atoms with E-state index in [0.29, 0.717) is 17.7 Å². The lowest BCUT2D eigenvalue weighted by atomic mass is 10.1. The Morgan fingerprint density at radius 2 is 1.78 bits per heavy atom. The molecule has 0 aliphatic carbocycles. The molecule has 0 bridgehead atoms. The lowest BCUT2D eigenvalue weighted by Gasteiger charge is -2.09. The molecule has 3 aromatic rings. The first-order valence-electron chi connectivity index (χ1n) is 8.22. The van der Waals surface area contributed by atoms with E-state index in [2.05, 4.69) is 15.6 Å². The average molecular weight is 371 g/mol. The summed E-state index contributed by atoms with van der Waals surface area (Å²) in [5.74, 6) is -2.18. The van der Waals surface area contributed by atoms with Crippen LogP contribution >= 0.6 is 0 Å². The Balaban J connectivity index is 1.62. The third-order valence-electron chi connectivity index (χ3n) is 3.84. The van der Waals surface area contributed by atoms with Crippen molar-refractivity contribution in [3.8, 4) is 0 Å². The van der Waals surface area contributed by atoms with Crippen molar-refractivity contribution < 1.29 is 18.0 Å². The first kappa shape index (κ1) is 18.4. The average Bonchev–Trinajstić information content (AvgIpc) is 2.66. The highest BCUT2D eigenvalue weighted by Crippen LogP contribution is 2.20. The zero-order chi connectivity index (χ0) is 19.2. The summed E-state index contributed by atoms with van der Waals surface area (Å²) in [4.78, 5) is 16.2. The van der Waals surface area contributed by atoms with Crippen LogP contribution in [0.5, 0.6) is 0 Å². The molecule has 138 valence electrons. The van der Waals surface area contributed by atoms with Crippen molar-refractivity contribution in [2.24, 2.45) is 0 Å². The second-order valence-corrected chi connectivity index (χ2v) is 5.78. The Labute approximate surface area is 154 Å². The van der Waals surface area contributed by atoms with Gasteiger partial charge in [-0.15, -0.1) is 0 Å². The highest BCUT2D eigenvalue weighted by atomic mass is 19.1. The molecule has 0 saturated heterocycles. The molecule has 0 aliphatic rings. The second kappa shape index (κ2) is 8.35. The van der Waals surface area contributed by atoms with E-state index in [4.69, 9.17) is 0 Å². The number of carbonyl (C=O) groups excluding carboxylic acids is 1. The van der Waals surface area contributed by atoms with Gasteiger partial charge in [-0.05, 0) is 42.3 Å². The van der Waals surface area contributed by atoms with Crippen molar-refractivity contribution >= 4 is 17.3 Å². The molecular formula is C20H16F3N3O. The summed E-state index contributed by atoms with van der Waals surface area (Å²) in [6, 6.07) is 12.5. The van der Waals surface area contributed by atoms with E-state index in [1.54, 1.807) is 24.3 Å². The first-order valence-corrected chi connectivity index (χ1v) is 8.22. The maximum atomic E-state index is 13.7. The fourth-order valence-corrected chi connectivity index (χ4v) is 2.48. The number of carbonyl (C=O) groups is 1. The van der Waals surface area contributed by atoms with Gasteiger partial charge in [0.15, 0.2) is 0 Å². The van der Waals surface area contributed by atoms with Gasteiger partial charge in [-0.25, -0.2) is 13.2 Å². The van der Waals surface area contributed by atoms with Gasteiger partial charge in [0.2, 0.25) is 0 Å². The van der Waals surface area contributed by atoms with Crippen molar-refractivity contribution in [2.45, 2.75) is 6.42 Å². The van der Waals surface area contributed by atoms with E-state index in [1.807, 2.05) is 0 Å².